The molecule has 0 amide bonds. The van der Waals surface area contributed by atoms with Gasteiger partial charge in [0.1, 0.15) is 6.61 Å². The van der Waals surface area contributed by atoms with E-state index >= 15 is 0 Å². The van der Waals surface area contributed by atoms with Gasteiger partial charge in [0.05, 0.1) is 17.7 Å². The molecule has 4 heteroatoms. The first-order valence-electron chi connectivity index (χ1n) is 10.7. The highest BCUT2D eigenvalue weighted by Crippen LogP contribution is 2.14. The van der Waals surface area contributed by atoms with Crippen LogP contribution in [0.4, 0.5) is 0 Å². The third kappa shape index (κ3) is 8.51. The molecule has 0 atom stereocenters. The first kappa shape index (κ1) is 22.7. The Morgan fingerprint density at radius 3 is 1.79 bits per heavy atom. The molecule has 0 saturated heterocycles. The van der Waals surface area contributed by atoms with Crippen molar-refractivity contribution in [2.75, 3.05) is 6.61 Å². The molecule has 0 spiro atoms. The summed E-state index contributed by atoms with van der Waals surface area (Å²) in [6.45, 7) is 2.76. The smallest absolute Gasteiger partial charge is 0.339 e. The zero-order valence-electron chi connectivity index (χ0n) is 17.4. The molecule has 0 saturated carbocycles. The molecule has 0 radical (unpaired) electrons. The number of carbonyl (C=O) groups is 2. The number of ether oxygens (including phenoxy) is 2. The second-order valence-electron chi connectivity index (χ2n) is 7.22. The Balaban J connectivity index is 1.75. The first-order chi connectivity index (χ1) is 14.2. The summed E-state index contributed by atoms with van der Waals surface area (Å²) in [5, 5.41) is 0. The van der Waals surface area contributed by atoms with E-state index in [0.29, 0.717) is 6.61 Å². The van der Waals surface area contributed by atoms with Gasteiger partial charge in [0.15, 0.2) is 0 Å². The molecular formula is C25H32O4. The van der Waals surface area contributed by atoms with Crippen molar-refractivity contribution in [1.82, 2.24) is 0 Å². The lowest BCUT2D eigenvalue weighted by Crippen LogP contribution is -2.14. The zero-order chi connectivity index (χ0) is 20.7. The fourth-order valence-corrected chi connectivity index (χ4v) is 3.12. The molecule has 4 nitrogen and oxygen atoms in total. The van der Waals surface area contributed by atoms with Crippen LogP contribution in [0.3, 0.4) is 0 Å². The molecule has 0 bridgehead atoms. The first-order valence-corrected chi connectivity index (χ1v) is 10.7. The van der Waals surface area contributed by atoms with Gasteiger partial charge in [-0.05, 0) is 24.1 Å². The third-order valence-corrected chi connectivity index (χ3v) is 4.81. The summed E-state index contributed by atoms with van der Waals surface area (Å²) in [6, 6.07) is 16.1. The normalized spacial score (nSPS) is 10.5. The molecule has 0 N–H and O–H groups in total. The number of carbonyl (C=O) groups excluding carboxylic acids is 2. The lowest BCUT2D eigenvalue weighted by Gasteiger charge is -2.10. The molecular weight excluding hydrogens is 364 g/mol. The van der Waals surface area contributed by atoms with E-state index in [1.807, 2.05) is 30.3 Å². The minimum atomic E-state index is -0.520. The Hall–Kier alpha value is -2.62. The van der Waals surface area contributed by atoms with E-state index in [-0.39, 0.29) is 17.7 Å². The van der Waals surface area contributed by atoms with Gasteiger partial charge in [-0.1, -0.05) is 94.3 Å². The van der Waals surface area contributed by atoms with Gasteiger partial charge in [-0.3, -0.25) is 0 Å². The van der Waals surface area contributed by atoms with Crippen molar-refractivity contribution in [1.29, 1.82) is 0 Å². The van der Waals surface area contributed by atoms with E-state index in [4.69, 9.17) is 9.47 Å². The summed E-state index contributed by atoms with van der Waals surface area (Å²) in [4.78, 5) is 24.9. The Kier molecular flexibility index (Phi) is 10.6. The monoisotopic (exact) mass is 396 g/mol. The summed E-state index contributed by atoms with van der Waals surface area (Å²) >= 11 is 0. The summed E-state index contributed by atoms with van der Waals surface area (Å²) in [5.41, 5.74) is 1.39. The van der Waals surface area contributed by atoms with Crippen LogP contribution in [0.2, 0.25) is 0 Å². The molecule has 29 heavy (non-hydrogen) atoms. The lowest BCUT2D eigenvalue weighted by molar-refractivity contribution is 0.0436. The van der Waals surface area contributed by atoms with Crippen molar-refractivity contribution in [2.45, 2.75) is 64.9 Å². The number of hydrogen-bond donors (Lipinski definition) is 0. The van der Waals surface area contributed by atoms with Crippen LogP contribution in [0.15, 0.2) is 54.6 Å². The van der Waals surface area contributed by atoms with E-state index in [2.05, 4.69) is 6.92 Å². The number of rotatable bonds is 13. The SMILES string of the molecule is CCCCCCCCCCOC(=O)c1ccccc1C(=O)OCc1ccccc1. The third-order valence-electron chi connectivity index (χ3n) is 4.81. The summed E-state index contributed by atoms with van der Waals surface area (Å²) in [7, 11) is 0. The van der Waals surface area contributed by atoms with Crippen LogP contribution in [-0.4, -0.2) is 18.5 Å². The van der Waals surface area contributed by atoms with Gasteiger partial charge in [0.25, 0.3) is 0 Å². The molecule has 2 aromatic carbocycles. The molecule has 0 aliphatic carbocycles. The van der Waals surface area contributed by atoms with Gasteiger partial charge in [-0.25, -0.2) is 9.59 Å². The highest BCUT2D eigenvalue weighted by Gasteiger charge is 2.19. The average molecular weight is 397 g/mol. The number of hydrogen-bond acceptors (Lipinski definition) is 4. The van der Waals surface area contributed by atoms with Gasteiger partial charge in [0.2, 0.25) is 0 Å². The van der Waals surface area contributed by atoms with Gasteiger partial charge < -0.3 is 9.47 Å². The topological polar surface area (TPSA) is 52.6 Å². The van der Waals surface area contributed by atoms with E-state index in [9.17, 15) is 9.59 Å². The van der Waals surface area contributed by atoms with E-state index < -0.39 is 11.9 Å². The van der Waals surface area contributed by atoms with Crippen molar-refractivity contribution in [3.63, 3.8) is 0 Å². The van der Waals surface area contributed by atoms with Crippen molar-refractivity contribution >= 4 is 11.9 Å². The van der Waals surface area contributed by atoms with Crippen LogP contribution < -0.4 is 0 Å². The van der Waals surface area contributed by atoms with E-state index in [0.717, 1.165) is 18.4 Å². The van der Waals surface area contributed by atoms with Gasteiger partial charge in [0, 0.05) is 0 Å². The Bertz CT molecular complexity index is 739. The Labute approximate surface area is 174 Å². The van der Waals surface area contributed by atoms with E-state index in [1.54, 1.807) is 24.3 Å². The average Bonchev–Trinajstić information content (AvgIpc) is 2.77. The molecule has 0 fully saturated rings. The second kappa shape index (κ2) is 13.5. The fraction of sp³-hybridized carbons (Fsp3) is 0.440. The summed E-state index contributed by atoms with van der Waals surface area (Å²) in [5.74, 6) is -0.992. The van der Waals surface area contributed by atoms with Gasteiger partial charge in [-0.15, -0.1) is 0 Å². The number of benzene rings is 2. The van der Waals surface area contributed by atoms with Crippen LogP contribution in [0.25, 0.3) is 0 Å². The molecule has 0 unspecified atom stereocenters. The van der Waals surface area contributed by atoms with Crippen LogP contribution in [0.5, 0.6) is 0 Å². The highest BCUT2D eigenvalue weighted by molar-refractivity contribution is 6.03. The summed E-state index contributed by atoms with van der Waals surface area (Å²) < 4.78 is 10.7. The molecule has 0 aliphatic heterocycles. The van der Waals surface area contributed by atoms with Crippen LogP contribution in [-0.2, 0) is 16.1 Å². The molecule has 2 aromatic rings. The predicted molar refractivity (Wildman–Crippen MR) is 115 cm³/mol. The van der Waals surface area contributed by atoms with Crippen molar-refractivity contribution in [3.8, 4) is 0 Å². The maximum Gasteiger partial charge on any atom is 0.339 e. The van der Waals surface area contributed by atoms with Crippen molar-refractivity contribution in [2.24, 2.45) is 0 Å². The molecule has 0 aromatic heterocycles. The number of unbranched alkanes of at least 4 members (excludes halogenated alkanes) is 7. The minimum absolute atomic E-state index is 0.168. The van der Waals surface area contributed by atoms with Crippen LogP contribution in [0.1, 0.15) is 84.6 Å². The van der Waals surface area contributed by atoms with Crippen molar-refractivity contribution < 1.29 is 19.1 Å². The van der Waals surface area contributed by atoms with Crippen LogP contribution >= 0.6 is 0 Å². The largest absolute Gasteiger partial charge is 0.462 e. The van der Waals surface area contributed by atoms with Crippen molar-refractivity contribution in [3.05, 3.63) is 71.3 Å². The molecule has 156 valence electrons. The lowest BCUT2D eigenvalue weighted by atomic mass is 10.1. The van der Waals surface area contributed by atoms with Gasteiger partial charge >= 0.3 is 11.9 Å². The molecule has 0 heterocycles. The maximum absolute atomic E-state index is 12.4. The molecule has 2 rings (SSSR count). The fourth-order valence-electron chi connectivity index (χ4n) is 3.12. The Morgan fingerprint density at radius 1 is 0.655 bits per heavy atom. The highest BCUT2D eigenvalue weighted by atomic mass is 16.5. The zero-order valence-corrected chi connectivity index (χ0v) is 17.4. The van der Waals surface area contributed by atoms with Crippen LogP contribution in [0, 0.1) is 0 Å². The predicted octanol–water partition coefficient (Wildman–Crippen LogP) is 6.34. The maximum atomic E-state index is 12.4. The minimum Gasteiger partial charge on any atom is -0.462 e. The standard InChI is InChI=1S/C25H32O4/c1-2-3-4-5-6-7-8-14-19-28-24(26)22-17-12-13-18-23(22)25(27)29-20-21-15-10-9-11-16-21/h9-13,15-18H,2-8,14,19-20H2,1H3. The van der Waals surface area contributed by atoms with Gasteiger partial charge in [-0.2, -0.15) is 0 Å². The Morgan fingerprint density at radius 2 is 1.17 bits per heavy atom. The summed E-state index contributed by atoms with van der Waals surface area (Å²) in [6.07, 6.45) is 9.48. The number of esters is 2. The van der Waals surface area contributed by atoms with E-state index in [1.165, 1.54) is 38.5 Å². The quantitative estimate of drug-likeness (QED) is 0.293. The second-order valence-corrected chi connectivity index (χ2v) is 7.22. The molecule has 0 aliphatic rings.